The van der Waals surface area contributed by atoms with Gasteiger partial charge in [0.25, 0.3) is 0 Å². The van der Waals surface area contributed by atoms with Gasteiger partial charge in [0.2, 0.25) is 11.7 Å². The molecule has 11 nitrogen and oxygen atoms in total. The number of aliphatic hydroxyl groups is 5. The van der Waals surface area contributed by atoms with Crippen LogP contribution in [0.2, 0.25) is 0 Å². The zero-order valence-electron chi connectivity index (χ0n) is 15.4. The van der Waals surface area contributed by atoms with Gasteiger partial charge in [-0.05, 0) is 20.8 Å². The number of carbonyl (C=O) groups excluding carboxylic acids is 3. The van der Waals surface area contributed by atoms with Crippen molar-refractivity contribution >= 4 is 17.8 Å². The van der Waals surface area contributed by atoms with Crippen LogP contribution in [0, 0.1) is 0 Å². The highest BCUT2D eigenvalue weighted by molar-refractivity contribution is 6.03. The summed E-state index contributed by atoms with van der Waals surface area (Å²) >= 11 is 0. The number of nitrogens with one attached hydrogen (secondary N) is 1. The molecule has 154 valence electrons. The molecule has 0 saturated heterocycles. The monoisotopic (exact) mass is 391 g/mol. The van der Waals surface area contributed by atoms with Gasteiger partial charge in [-0.3, -0.25) is 4.79 Å². The smallest absolute Gasteiger partial charge is 0.374 e. The molecule has 6 N–H and O–H groups in total. The highest BCUT2D eigenvalue weighted by atomic mass is 16.6. The maximum Gasteiger partial charge on any atom is 0.374 e. The van der Waals surface area contributed by atoms with E-state index in [2.05, 4.69) is 5.32 Å². The van der Waals surface area contributed by atoms with Gasteiger partial charge in [-0.25, -0.2) is 9.59 Å². The minimum Gasteiger partial charge on any atom is -0.501 e. The van der Waals surface area contributed by atoms with E-state index in [1.54, 1.807) is 0 Å². The van der Waals surface area contributed by atoms with Crippen molar-refractivity contribution < 1.29 is 49.4 Å². The predicted octanol–water partition coefficient (Wildman–Crippen LogP) is -2.35. The Bertz CT molecular complexity index is 623. The van der Waals surface area contributed by atoms with Crippen LogP contribution in [0.5, 0.6) is 0 Å². The second kappa shape index (κ2) is 8.65. The lowest BCUT2D eigenvalue weighted by molar-refractivity contribution is -0.154. The van der Waals surface area contributed by atoms with Crippen LogP contribution in [0.4, 0.5) is 0 Å². The van der Waals surface area contributed by atoms with E-state index in [4.69, 9.17) is 14.6 Å². The zero-order valence-corrected chi connectivity index (χ0v) is 15.4. The summed E-state index contributed by atoms with van der Waals surface area (Å²) in [5.74, 6) is -4.21. The molecule has 1 heterocycles. The summed E-state index contributed by atoms with van der Waals surface area (Å²) in [6.07, 6.45) is -7.42. The molecule has 1 rings (SSSR count). The summed E-state index contributed by atoms with van der Waals surface area (Å²) in [5.41, 5.74) is -1.65. The van der Waals surface area contributed by atoms with E-state index >= 15 is 0 Å². The molecular weight excluding hydrogens is 366 g/mol. The zero-order chi connectivity index (χ0) is 21.1. The van der Waals surface area contributed by atoms with Gasteiger partial charge in [0.15, 0.2) is 6.10 Å². The first-order valence-electron chi connectivity index (χ1n) is 8.09. The first-order chi connectivity index (χ1) is 12.3. The minimum absolute atomic E-state index is 0.654. The summed E-state index contributed by atoms with van der Waals surface area (Å²) in [5, 5.41) is 50.8. The van der Waals surface area contributed by atoms with E-state index in [9.17, 15) is 34.8 Å². The lowest BCUT2D eigenvalue weighted by Crippen LogP contribution is -2.58. The highest BCUT2D eigenvalue weighted by Crippen LogP contribution is 2.29. The largest absolute Gasteiger partial charge is 0.501 e. The molecule has 0 fully saturated rings. The van der Waals surface area contributed by atoms with Crippen molar-refractivity contribution in [1.29, 1.82) is 0 Å². The predicted molar refractivity (Wildman–Crippen MR) is 88.1 cm³/mol. The third-order valence-corrected chi connectivity index (χ3v) is 3.58. The summed E-state index contributed by atoms with van der Waals surface area (Å²) < 4.78 is 9.98. The van der Waals surface area contributed by atoms with Gasteiger partial charge in [0.1, 0.15) is 29.5 Å². The number of hydrogen-bond acceptors (Lipinski definition) is 10. The lowest BCUT2D eigenvalue weighted by atomic mass is 9.92. The fourth-order valence-corrected chi connectivity index (χ4v) is 2.40. The lowest BCUT2D eigenvalue weighted by Gasteiger charge is -2.33. The van der Waals surface area contributed by atoms with Gasteiger partial charge < -0.3 is 40.3 Å². The molecule has 1 aliphatic rings. The third-order valence-electron chi connectivity index (χ3n) is 3.58. The number of ether oxygens (including phenoxy) is 2. The maximum absolute atomic E-state index is 12.4. The normalized spacial score (nSPS) is 21.9. The Kier molecular flexibility index (Phi) is 7.32. The van der Waals surface area contributed by atoms with Crippen molar-refractivity contribution in [2.75, 3.05) is 6.61 Å². The van der Waals surface area contributed by atoms with Crippen LogP contribution in [-0.2, 0) is 23.9 Å². The van der Waals surface area contributed by atoms with E-state index in [1.165, 1.54) is 20.8 Å². The first kappa shape index (κ1) is 22.8. The van der Waals surface area contributed by atoms with Gasteiger partial charge in [-0.2, -0.15) is 0 Å². The number of carbonyl (C=O) groups is 3. The standard InChI is InChI=1S/C16H25NO10/c1-6(19)17-9(12(23)10(21)7(20)5-18)13-8(11(22)15(25)26-13)14(24)27-16(2,3)4/h7,9-10,12-13,18,20-23H,5H2,1-4H3,(H,17,19)/t7-,9+,10-,12-,13?/m1/s1. The molecule has 0 saturated carbocycles. The Labute approximate surface area is 155 Å². The molecule has 0 radical (unpaired) electrons. The maximum atomic E-state index is 12.4. The van der Waals surface area contributed by atoms with Crippen LogP contribution in [0.15, 0.2) is 11.3 Å². The summed E-state index contributed by atoms with van der Waals surface area (Å²) in [4.78, 5) is 35.6. The van der Waals surface area contributed by atoms with Crippen molar-refractivity contribution in [2.24, 2.45) is 0 Å². The molecule has 0 aromatic carbocycles. The van der Waals surface area contributed by atoms with E-state index in [1.807, 2.05) is 0 Å². The van der Waals surface area contributed by atoms with E-state index in [0.717, 1.165) is 6.92 Å². The minimum atomic E-state index is -1.97. The SMILES string of the molecule is CC(=O)N[C@H](C1OC(=O)C(O)=C1C(=O)OC(C)(C)C)[C@@H](O)[C@H](O)[C@H](O)CO. The summed E-state index contributed by atoms with van der Waals surface area (Å²) in [7, 11) is 0. The fraction of sp³-hybridized carbons (Fsp3) is 0.688. The number of amides is 1. The Morgan fingerprint density at radius 1 is 1.22 bits per heavy atom. The second-order valence-electron chi connectivity index (χ2n) is 7.05. The van der Waals surface area contributed by atoms with E-state index in [0.29, 0.717) is 0 Å². The average molecular weight is 391 g/mol. The number of rotatable bonds is 7. The van der Waals surface area contributed by atoms with Crippen LogP contribution in [0.1, 0.15) is 27.7 Å². The van der Waals surface area contributed by atoms with Crippen LogP contribution in [0.3, 0.4) is 0 Å². The second-order valence-corrected chi connectivity index (χ2v) is 7.05. The topological polar surface area (TPSA) is 183 Å². The molecule has 5 atom stereocenters. The number of cyclic esters (lactones) is 1. The number of esters is 2. The molecule has 1 amide bonds. The molecule has 0 aliphatic carbocycles. The summed E-state index contributed by atoms with van der Waals surface area (Å²) in [6.45, 7) is 4.77. The molecule has 27 heavy (non-hydrogen) atoms. The molecule has 1 aliphatic heterocycles. The van der Waals surface area contributed by atoms with E-state index < -0.39 is 71.8 Å². The van der Waals surface area contributed by atoms with Gasteiger partial charge >= 0.3 is 11.9 Å². The average Bonchev–Trinajstić information content (AvgIpc) is 2.83. The van der Waals surface area contributed by atoms with Crippen molar-refractivity contribution in [3.8, 4) is 0 Å². The summed E-state index contributed by atoms with van der Waals surface area (Å²) in [6, 6.07) is -1.63. The van der Waals surface area contributed by atoms with E-state index in [-0.39, 0.29) is 0 Å². The van der Waals surface area contributed by atoms with Gasteiger partial charge in [-0.15, -0.1) is 0 Å². The first-order valence-corrected chi connectivity index (χ1v) is 8.09. The quantitative estimate of drug-likeness (QED) is 0.257. The van der Waals surface area contributed by atoms with Crippen LogP contribution in [0.25, 0.3) is 0 Å². The molecule has 0 spiro atoms. The van der Waals surface area contributed by atoms with Crippen LogP contribution in [-0.4, -0.2) is 86.0 Å². The molecule has 0 bridgehead atoms. The number of aliphatic hydroxyl groups excluding tert-OH is 5. The molecule has 0 aromatic rings. The Balaban J connectivity index is 3.28. The molecular formula is C16H25NO10. The van der Waals surface area contributed by atoms with Crippen molar-refractivity contribution in [1.82, 2.24) is 5.32 Å². The molecule has 11 heteroatoms. The van der Waals surface area contributed by atoms with Crippen LogP contribution < -0.4 is 5.32 Å². The highest BCUT2D eigenvalue weighted by Gasteiger charge is 2.49. The van der Waals surface area contributed by atoms with Crippen molar-refractivity contribution in [3.05, 3.63) is 11.3 Å². The van der Waals surface area contributed by atoms with Gasteiger partial charge in [0.05, 0.1) is 12.6 Å². The van der Waals surface area contributed by atoms with Crippen molar-refractivity contribution in [2.45, 2.75) is 63.8 Å². The molecule has 1 unspecified atom stereocenters. The van der Waals surface area contributed by atoms with Gasteiger partial charge in [-0.1, -0.05) is 0 Å². The third kappa shape index (κ3) is 5.63. The fourth-order valence-electron chi connectivity index (χ4n) is 2.40. The Morgan fingerprint density at radius 3 is 2.22 bits per heavy atom. The van der Waals surface area contributed by atoms with Gasteiger partial charge in [0, 0.05) is 6.92 Å². The molecule has 0 aromatic heterocycles. The Hall–Kier alpha value is -2.21. The Morgan fingerprint density at radius 2 is 1.78 bits per heavy atom. The number of hydrogen-bond donors (Lipinski definition) is 6. The van der Waals surface area contributed by atoms with Crippen molar-refractivity contribution in [3.63, 3.8) is 0 Å². The van der Waals surface area contributed by atoms with Crippen LogP contribution >= 0.6 is 0 Å².